The van der Waals surface area contributed by atoms with Crippen LogP contribution >= 0.6 is 0 Å². The van der Waals surface area contributed by atoms with Gasteiger partial charge in [-0.1, -0.05) is 66.7 Å². The molecule has 0 bridgehead atoms. The molecule has 7 nitrogen and oxygen atoms in total. The van der Waals surface area contributed by atoms with Crippen molar-refractivity contribution >= 4 is 11.9 Å². The molecule has 35 heavy (non-hydrogen) atoms. The van der Waals surface area contributed by atoms with E-state index in [0.717, 1.165) is 16.7 Å². The van der Waals surface area contributed by atoms with Crippen molar-refractivity contribution in [1.82, 2.24) is 16.0 Å². The van der Waals surface area contributed by atoms with Crippen LogP contribution in [-0.4, -0.2) is 18.5 Å². The quantitative estimate of drug-likeness (QED) is 0.425. The van der Waals surface area contributed by atoms with E-state index in [9.17, 15) is 9.59 Å². The fourth-order valence-electron chi connectivity index (χ4n) is 3.95. The van der Waals surface area contributed by atoms with Gasteiger partial charge >= 0.3 is 6.03 Å². The molecule has 1 aliphatic rings. The highest BCUT2D eigenvalue weighted by molar-refractivity contribution is 5.98. The van der Waals surface area contributed by atoms with E-state index < -0.39 is 6.04 Å². The monoisotopic (exact) mass is 471 g/mol. The summed E-state index contributed by atoms with van der Waals surface area (Å²) in [6.45, 7) is 4.85. The van der Waals surface area contributed by atoms with Crippen LogP contribution < -0.4 is 25.4 Å². The molecule has 0 saturated carbocycles. The van der Waals surface area contributed by atoms with Crippen molar-refractivity contribution in [3.8, 4) is 11.5 Å². The van der Waals surface area contributed by atoms with Gasteiger partial charge < -0.3 is 25.4 Å². The number of amides is 3. The number of allylic oxidation sites excluding steroid dienone is 1. The van der Waals surface area contributed by atoms with Crippen LogP contribution in [0.3, 0.4) is 0 Å². The second-order valence-electron chi connectivity index (χ2n) is 8.15. The van der Waals surface area contributed by atoms with Gasteiger partial charge in [-0.3, -0.25) is 4.79 Å². The van der Waals surface area contributed by atoms with E-state index in [1.165, 1.54) is 0 Å². The van der Waals surface area contributed by atoms with Crippen molar-refractivity contribution in [3.05, 3.63) is 107 Å². The molecule has 3 amide bonds. The molecule has 0 radical (unpaired) electrons. The van der Waals surface area contributed by atoms with Crippen LogP contribution in [-0.2, 0) is 17.9 Å². The smallest absolute Gasteiger partial charge is 0.319 e. The molecular weight excluding hydrogens is 442 g/mol. The first-order chi connectivity index (χ1) is 17.0. The predicted molar refractivity (Wildman–Crippen MR) is 134 cm³/mol. The van der Waals surface area contributed by atoms with E-state index in [1.807, 2.05) is 85.8 Å². The first kappa shape index (κ1) is 23.9. The molecule has 4 rings (SSSR count). The number of hydrogen-bond acceptors (Lipinski definition) is 4. The Morgan fingerprint density at radius 2 is 1.60 bits per heavy atom. The lowest BCUT2D eigenvalue weighted by molar-refractivity contribution is -0.118. The average Bonchev–Trinajstić information content (AvgIpc) is 2.87. The number of ether oxygens (including phenoxy) is 2. The first-order valence-electron chi connectivity index (χ1n) is 11.6. The van der Waals surface area contributed by atoms with E-state index >= 15 is 0 Å². The molecule has 3 aromatic carbocycles. The van der Waals surface area contributed by atoms with Gasteiger partial charge in [0.15, 0.2) is 11.5 Å². The maximum absolute atomic E-state index is 13.2. The van der Waals surface area contributed by atoms with E-state index in [4.69, 9.17) is 9.47 Å². The average molecular weight is 472 g/mol. The number of hydrogen-bond donors (Lipinski definition) is 3. The van der Waals surface area contributed by atoms with Gasteiger partial charge in [0.2, 0.25) is 0 Å². The third-order valence-electron chi connectivity index (χ3n) is 5.65. The van der Waals surface area contributed by atoms with Gasteiger partial charge in [0.25, 0.3) is 5.91 Å². The zero-order chi connectivity index (χ0) is 24.6. The largest absolute Gasteiger partial charge is 0.490 e. The third-order valence-corrected chi connectivity index (χ3v) is 5.65. The van der Waals surface area contributed by atoms with Gasteiger partial charge in [-0.2, -0.15) is 0 Å². The molecule has 3 aromatic rings. The summed E-state index contributed by atoms with van der Waals surface area (Å²) >= 11 is 0. The van der Waals surface area contributed by atoms with Crippen molar-refractivity contribution < 1.29 is 19.1 Å². The normalized spacial score (nSPS) is 15.1. The first-order valence-corrected chi connectivity index (χ1v) is 11.6. The lowest BCUT2D eigenvalue weighted by Gasteiger charge is -2.29. The number of urea groups is 1. The van der Waals surface area contributed by atoms with Gasteiger partial charge in [-0.15, -0.1) is 0 Å². The van der Waals surface area contributed by atoms with E-state index in [2.05, 4.69) is 16.0 Å². The van der Waals surface area contributed by atoms with Crippen LogP contribution in [0.25, 0.3) is 0 Å². The number of nitrogens with one attached hydrogen (secondary N) is 3. The van der Waals surface area contributed by atoms with Gasteiger partial charge in [0.1, 0.15) is 6.61 Å². The Kier molecular flexibility index (Phi) is 7.67. The van der Waals surface area contributed by atoms with Gasteiger partial charge in [-0.25, -0.2) is 4.79 Å². The maximum atomic E-state index is 13.2. The molecule has 7 heteroatoms. The summed E-state index contributed by atoms with van der Waals surface area (Å²) in [5.74, 6) is 0.886. The summed E-state index contributed by atoms with van der Waals surface area (Å²) in [5, 5.41) is 8.54. The van der Waals surface area contributed by atoms with E-state index in [1.54, 1.807) is 6.92 Å². The van der Waals surface area contributed by atoms with Gasteiger partial charge in [0, 0.05) is 12.2 Å². The number of carbonyl (C=O) groups excluding carboxylic acids is 2. The summed E-state index contributed by atoms with van der Waals surface area (Å²) in [5.41, 5.74) is 3.70. The van der Waals surface area contributed by atoms with Crippen LogP contribution in [0, 0.1) is 0 Å². The molecule has 0 aliphatic carbocycles. The second kappa shape index (κ2) is 11.2. The predicted octanol–water partition coefficient (Wildman–Crippen LogP) is 4.61. The lowest BCUT2D eigenvalue weighted by Crippen LogP contribution is -2.46. The Balaban J connectivity index is 1.57. The van der Waals surface area contributed by atoms with Crippen LogP contribution in [0.15, 0.2) is 90.1 Å². The summed E-state index contributed by atoms with van der Waals surface area (Å²) in [7, 11) is 0. The van der Waals surface area contributed by atoms with Crippen molar-refractivity contribution in [3.63, 3.8) is 0 Å². The van der Waals surface area contributed by atoms with E-state index in [-0.39, 0.29) is 11.9 Å². The zero-order valence-corrected chi connectivity index (χ0v) is 19.8. The van der Waals surface area contributed by atoms with Crippen LogP contribution in [0.5, 0.6) is 11.5 Å². The zero-order valence-electron chi connectivity index (χ0n) is 19.8. The summed E-state index contributed by atoms with van der Waals surface area (Å²) in [6, 6.07) is 24.0. The molecule has 0 saturated heterocycles. The number of benzene rings is 3. The standard InChI is InChI=1S/C28H29N3O4/c1-3-34-24-16-22(14-15-23(24)35-18-21-12-8-5-9-13-21)26-25(19(2)30-28(33)31-26)27(32)29-17-20-10-6-4-7-11-20/h4-16,26H,3,17-18H2,1-2H3,(H,29,32)(H2,30,31,33)/t26-/m0/s1. The molecule has 0 unspecified atom stereocenters. The molecule has 1 heterocycles. The highest BCUT2D eigenvalue weighted by Crippen LogP contribution is 2.35. The van der Waals surface area contributed by atoms with Gasteiger partial charge in [-0.05, 0) is 42.7 Å². The molecule has 3 N–H and O–H groups in total. The fraction of sp³-hybridized carbons (Fsp3) is 0.214. The molecule has 180 valence electrons. The minimum absolute atomic E-state index is 0.258. The Morgan fingerprint density at radius 1 is 0.914 bits per heavy atom. The second-order valence-corrected chi connectivity index (χ2v) is 8.15. The Morgan fingerprint density at radius 3 is 2.29 bits per heavy atom. The Labute approximate surface area is 205 Å². The highest BCUT2D eigenvalue weighted by atomic mass is 16.5. The van der Waals surface area contributed by atoms with E-state index in [0.29, 0.717) is 42.5 Å². The van der Waals surface area contributed by atoms with Crippen molar-refractivity contribution in [1.29, 1.82) is 0 Å². The van der Waals surface area contributed by atoms with Crippen molar-refractivity contribution in [2.24, 2.45) is 0 Å². The summed E-state index contributed by atoms with van der Waals surface area (Å²) in [4.78, 5) is 25.5. The van der Waals surface area contributed by atoms with Gasteiger partial charge in [0.05, 0.1) is 18.2 Å². The van der Waals surface area contributed by atoms with Crippen LogP contribution in [0.1, 0.15) is 36.6 Å². The molecule has 0 spiro atoms. The third kappa shape index (κ3) is 6.00. The molecular formula is C28H29N3O4. The number of rotatable bonds is 9. The fourth-order valence-corrected chi connectivity index (χ4v) is 3.95. The van der Waals surface area contributed by atoms with Crippen molar-refractivity contribution in [2.45, 2.75) is 33.0 Å². The minimum Gasteiger partial charge on any atom is -0.490 e. The molecule has 1 aliphatic heterocycles. The highest BCUT2D eigenvalue weighted by Gasteiger charge is 2.31. The molecule has 1 atom stereocenters. The lowest BCUT2D eigenvalue weighted by atomic mass is 9.94. The minimum atomic E-state index is -0.637. The summed E-state index contributed by atoms with van der Waals surface area (Å²) < 4.78 is 11.8. The molecule has 0 fully saturated rings. The topological polar surface area (TPSA) is 88.7 Å². The van der Waals surface area contributed by atoms with Crippen LogP contribution in [0.4, 0.5) is 4.79 Å². The SMILES string of the molecule is CCOc1cc([C@@H]2NC(=O)NC(C)=C2C(=O)NCc2ccccc2)ccc1OCc1ccccc1. The Hall–Kier alpha value is -4.26. The maximum Gasteiger partial charge on any atom is 0.319 e. The summed E-state index contributed by atoms with van der Waals surface area (Å²) in [6.07, 6.45) is 0. The number of carbonyl (C=O) groups is 2. The van der Waals surface area contributed by atoms with Crippen LogP contribution in [0.2, 0.25) is 0 Å². The Bertz CT molecular complexity index is 1210. The van der Waals surface area contributed by atoms with Crippen molar-refractivity contribution in [2.75, 3.05) is 6.61 Å². The molecule has 0 aromatic heterocycles.